The fraction of sp³-hybridized carbons (Fsp3) is 0.588. The van der Waals surface area contributed by atoms with Crippen molar-refractivity contribution in [1.29, 1.82) is 0 Å². The molecule has 2 aromatic heterocycles. The number of nitrogens with zero attached hydrogens (tertiary/aromatic N) is 4. The van der Waals surface area contributed by atoms with Crippen molar-refractivity contribution in [3.8, 4) is 0 Å². The lowest BCUT2D eigenvalue weighted by Gasteiger charge is -2.47. The Labute approximate surface area is 151 Å². The third-order valence-corrected chi connectivity index (χ3v) is 6.26. The summed E-state index contributed by atoms with van der Waals surface area (Å²) in [6, 6.07) is 0.510. The maximum absolute atomic E-state index is 12.1. The Balaban J connectivity index is 1.56. The average molecular weight is 361 g/mol. The summed E-state index contributed by atoms with van der Waals surface area (Å²) in [6.45, 7) is 10.8. The number of aryl methyl sites for hydroxylation is 1. The number of hydrogen-bond acceptors (Lipinski definition) is 8. The lowest BCUT2D eigenvalue weighted by molar-refractivity contribution is 0.0189. The van der Waals surface area contributed by atoms with Gasteiger partial charge in [-0.15, -0.1) is 11.3 Å². The quantitative estimate of drug-likeness (QED) is 0.811. The third-order valence-electron chi connectivity index (χ3n) is 5.09. The summed E-state index contributed by atoms with van der Waals surface area (Å²) in [5, 5.41) is 4.44. The Morgan fingerprint density at radius 3 is 2.84 bits per heavy atom. The second kappa shape index (κ2) is 6.86. The minimum Gasteiger partial charge on any atom is -0.462 e. The first-order valence-electron chi connectivity index (χ1n) is 8.79. The first-order chi connectivity index (χ1) is 12.2. The molecule has 3 aliphatic heterocycles. The molecule has 3 fully saturated rings. The van der Waals surface area contributed by atoms with Crippen LogP contribution in [0.2, 0.25) is 0 Å². The predicted molar refractivity (Wildman–Crippen MR) is 98.4 cm³/mol. The summed E-state index contributed by atoms with van der Waals surface area (Å²) in [7, 11) is 0. The maximum Gasteiger partial charge on any atom is 0.348 e. The molecule has 8 heteroatoms. The summed E-state index contributed by atoms with van der Waals surface area (Å²) in [5.41, 5.74) is 0.899. The van der Waals surface area contributed by atoms with Crippen molar-refractivity contribution in [2.75, 3.05) is 51.2 Å². The van der Waals surface area contributed by atoms with E-state index < -0.39 is 0 Å². The zero-order chi connectivity index (χ0) is 17.4. The molecule has 3 aliphatic rings. The monoisotopic (exact) mass is 361 g/mol. The van der Waals surface area contributed by atoms with E-state index in [2.05, 4.69) is 25.1 Å². The number of esters is 1. The van der Waals surface area contributed by atoms with Gasteiger partial charge in [-0.1, -0.05) is 0 Å². The number of aromatic nitrogens is 2. The molecule has 7 nitrogen and oxygen atoms in total. The van der Waals surface area contributed by atoms with E-state index in [-0.39, 0.29) is 5.97 Å². The van der Waals surface area contributed by atoms with E-state index in [1.165, 1.54) is 24.4 Å². The van der Waals surface area contributed by atoms with Crippen molar-refractivity contribution in [2.24, 2.45) is 0 Å². The molecule has 0 spiro atoms. The Morgan fingerprint density at radius 2 is 2.16 bits per heavy atom. The van der Waals surface area contributed by atoms with Crippen molar-refractivity contribution in [2.45, 2.75) is 19.9 Å². The highest BCUT2D eigenvalue weighted by Gasteiger charge is 2.31. The molecule has 1 unspecified atom stereocenters. The van der Waals surface area contributed by atoms with Crippen LogP contribution in [0.1, 0.15) is 22.2 Å². The van der Waals surface area contributed by atoms with Crippen LogP contribution in [-0.2, 0) is 4.74 Å². The summed E-state index contributed by atoms with van der Waals surface area (Å²) in [4.78, 5) is 27.4. The fourth-order valence-corrected chi connectivity index (χ4v) is 4.77. The van der Waals surface area contributed by atoms with Crippen LogP contribution >= 0.6 is 11.3 Å². The van der Waals surface area contributed by atoms with E-state index in [0.29, 0.717) is 17.5 Å². The molecule has 2 aromatic rings. The number of carbonyl (C=O) groups excluding carboxylic acids is 1. The molecule has 2 bridgehead atoms. The largest absolute Gasteiger partial charge is 0.462 e. The predicted octanol–water partition coefficient (Wildman–Crippen LogP) is 1.59. The molecule has 1 N–H and O–H groups in total. The van der Waals surface area contributed by atoms with Gasteiger partial charge in [0, 0.05) is 45.3 Å². The van der Waals surface area contributed by atoms with Gasteiger partial charge in [0.15, 0.2) is 0 Å². The molecular weight excluding hydrogens is 338 g/mol. The van der Waals surface area contributed by atoms with Crippen molar-refractivity contribution in [3.05, 3.63) is 16.8 Å². The van der Waals surface area contributed by atoms with Crippen LogP contribution in [0.3, 0.4) is 0 Å². The van der Waals surface area contributed by atoms with Crippen LogP contribution < -0.4 is 5.32 Å². The van der Waals surface area contributed by atoms with E-state index in [0.717, 1.165) is 47.8 Å². The second-order valence-corrected chi connectivity index (χ2v) is 7.55. The number of nitrogens with one attached hydrogen (secondary N) is 1. The molecular formula is C17H23N5O2S. The Morgan fingerprint density at radius 1 is 1.36 bits per heavy atom. The van der Waals surface area contributed by atoms with Gasteiger partial charge in [-0.25, -0.2) is 14.8 Å². The molecule has 0 aliphatic carbocycles. The lowest BCUT2D eigenvalue weighted by Crippen LogP contribution is -2.62. The Kier molecular flexibility index (Phi) is 4.58. The zero-order valence-corrected chi connectivity index (χ0v) is 15.4. The zero-order valence-electron chi connectivity index (χ0n) is 14.6. The molecule has 0 aromatic carbocycles. The number of piperazine rings is 3. The number of ether oxygens (including phenoxy) is 1. The normalized spacial score (nSPS) is 25.3. The van der Waals surface area contributed by atoms with Crippen LogP contribution in [0.4, 0.5) is 5.82 Å². The number of rotatable bonds is 5. The molecule has 0 amide bonds. The standard InChI is InChI=1S/C17H23N5O2S/c1-3-24-17(23)14-11(2)13-15(19-10-20-16(13)25-14)18-8-12-9-21-4-6-22(12)7-5-21/h10,12H,3-9H2,1-2H3,(H,18,19,20). The van der Waals surface area contributed by atoms with Gasteiger partial charge in [0.2, 0.25) is 0 Å². The van der Waals surface area contributed by atoms with Crippen molar-refractivity contribution < 1.29 is 9.53 Å². The molecule has 5 rings (SSSR count). The summed E-state index contributed by atoms with van der Waals surface area (Å²) in [5.74, 6) is 0.532. The first-order valence-corrected chi connectivity index (χ1v) is 9.60. The highest BCUT2D eigenvalue weighted by Crippen LogP contribution is 2.33. The van der Waals surface area contributed by atoms with E-state index in [1.54, 1.807) is 6.33 Å². The van der Waals surface area contributed by atoms with Gasteiger partial charge in [-0.3, -0.25) is 9.80 Å². The summed E-state index contributed by atoms with van der Waals surface area (Å²) < 4.78 is 5.16. The Bertz CT molecular complexity index is 785. The molecule has 5 heterocycles. The van der Waals surface area contributed by atoms with Crippen LogP contribution in [0.25, 0.3) is 10.2 Å². The van der Waals surface area contributed by atoms with Crippen LogP contribution in [-0.4, -0.2) is 77.7 Å². The number of thiophene rings is 1. The second-order valence-electron chi connectivity index (χ2n) is 6.55. The molecule has 1 atom stereocenters. The number of fused-ring (bicyclic) bond motifs is 4. The fourth-order valence-electron chi connectivity index (χ4n) is 3.73. The van der Waals surface area contributed by atoms with Gasteiger partial charge in [0.1, 0.15) is 21.9 Å². The van der Waals surface area contributed by atoms with Crippen LogP contribution in [0.5, 0.6) is 0 Å². The molecule has 25 heavy (non-hydrogen) atoms. The summed E-state index contributed by atoms with van der Waals surface area (Å²) >= 11 is 1.38. The highest BCUT2D eigenvalue weighted by molar-refractivity contribution is 7.20. The lowest BCUT2D eigenvalue weighted by atomic mass is 10.1. The van der Waals surface area contributed by atoms with Crippen molar-refractivity contribution >= 4 is 33.3 Å². The summed E-state index contributed by atoms with van der Waals surface area (Å²) in [6.07, 6.45) is 1.56. The van der Waals surface area contributed by atoms with Gasteiger partial charge in [-0.05, 0) is 19.4 Å². The highest BCUT2D eigenvalue weighted by atomic mass is 32.1. The maximum atomic E-state index is 12.1. The molecule has 3 saturated heterocycles. The van der Waals surface area contributed by atoms with Crippen molar-refractivity contribution in [3.63, 3.8) is 0 Å². The van der Waals surface area contributed by atoms with Crippen molar-refractivity contribution in [1.82, 2.24) is 19.8 Å². The van der Waals surface area contributed by atoms with Crippen LogP contribution in [0, 0.1) is 6.92 Å². The van der Waals surface area contributed by atoms with Gasteiger partial charge >= 0.3 is 5.97 Å². The molecule has 0 radical (unpaired) electrons. The Hall–Kier alpha value is -1.77. The van der Waals surface area contributed by atoms with E-state index in [9.17, 15) is 4.79 Å². The third kappa shape index (κ3) is 3.09. The van der Waals surface area contributed by atoms with E-state index in [1.807, 2.05) is 13.8 Å². The smallest absolute Gasteiger partial charge is 0.348 e. The minimum atomic E-state index is -0.280. The topological polar surface area (TPSA) is 70.6 Å². The minimum absolute atomic E-state index is 0.280. The van der Waals surface area contributed by atoms with E-state index >= 15 is 0 Å². The van der Waals surface area contributed by atoms with Gasteiger partial charge in [0.05, 0.1) is 12.0 Å². The number of anilines is 1. The molecule has 0 saturated carbocycles. The number of hydrogen-bond donors (Lipinski definition) is 1. The first kappa shape index (κ1) is 16.7. The van der Waals surface area contributed by atoms with Gasteiger partial charge in [0.25, 0.3) is 0 Å². The van der Waals surface area contributed by atoms with Gasteiger partial charge in [-0.2, -0.15) is 0 Å². The van der Waals surface area contributed by atoms with E-state index in [4.69, 9.17) is 4.74 Å². The van der Waals surface area contributed by atoms with Crippen LogP contribution in [0.15, 0.2) is 6.33 Å². The van der Waals surface area contributed by atoms with Gasteiger partial charge < -0.3 is 10.1 Å². The SMILES string of the molecule is CCOC(=O)c1sc2ncnc(NCC3CN4CCN3CC4)c2c1C. The molecule has 134 valence electrons. The number of carbonyl (C=O) groups is 1. The average Bonchev–Trinajstić information content (AvgIpc) is 2.99.